The minimum absolute atomic E-state index is 0.411. The van der Waals surface area contributed by atoms with Gasteiger partial charge in [0, 0.05) is 0 Å². The molecule has 2 aromatic carbocycles. The van der Waals surface area contributed by atoms with Gasteiger partial charge in [0.25, 0.3) is 0 Å². The molecule has 1 aliphatic carbocycles. The number of halogens is 2. The molecule has 2 aromatic rings. The van der Waals surface area contributed by atoms with Crippen molar-refractivity contribution in [2.24, 2.45) is 0 Å². The predicted octanol–water partition coefficient (Wildman–Crippen LogP) is 5.41. The van der Waals surface area contributed by atoms with E-state index >= 15 is 0 Å². The third kappa shape index (κ3) is 3.60. The van der Waals surface area contributed by atoms with Gasteiger partial charge < -0.3 is 0 Å². The first kappa shape index (κ1) is 15.0. The number of hydrogen-bond acceptors (Lipinski definition) is 0. The van der Waals surface area contributed by atoms with Crippen LogP contribution in [0.5, 0.6) is 0 Å². The summed E-state index contributed by atoms with van der Waals surface area (Å²) < 4.78 is 0. The van der Waals surface area contributed by atoms with Crippen LogP contribution in [-0.2, 0) is 20.8 Å². The summed E-state index contributed by atoms with van der Waals surface area (Å²) in [4.78, 5) is 0. The zero-order chi connectivity index (χ0) is 13.7. The Bertz CT molecular complexity index is 564. The van der Waals surface area contributed by atoms with Crippen molar-refractivity contribution in [1.29, 1.82) is 0 Å². The second-order valence-electron chi connectivity index (χ2n) is 4.31. The number of allylic oxidation sites excluding steroid dienone is 2. The van der Waals surface area contributed by atoms with E-state index in [0.29, 0.717) is 5.92 Å². The molecule has 0 heterocycles. The van der Waals surface area contributed by atoms with Crippen LogP contribution in [0.25, 0.3) is 5.57 Å². The summed E-state index contributed by atoms with van der Waals surface area (Å²) in [5.41, 5.74) is 5.35. The van der Waals surface area contributed by atoms with Crippen molar-refractivity contribution in [2.45, 2.75) is 12.8 Å². The van der Waals surface area contributed by atoms with Gasteiger partial charge in [0.05, 0.1) is 0 Å². The fraction of sp³-hybridized carbons (Fsp3) is 0.125. The monoisotopic (exact) mass is 365 g/mol. The zero-order valence-corrected chi connectivity index (χ0v) is 14.5. The Kier molecular flexibility index (Phi) is 5.88. The Balaban J connectivity index is 0.000000408. The number of hydrogen-bond donors (Lipinski definition) is 0. The molecular formula is C16H13Cl2Zr-. The van der Waals surface area contributed by atoms with Crippen LogP contribution < -0.4 is 0 Å². The van der Waals surface area contributed by atoms with Crippen LogP contribution in [0, 0.1) is 6.07 Å². The van der Waals surface area contributed by atoms with Crippen LogP contribution in [0.2, 0.25) is 0 Å². The number of rotatable bonds is 1. The summed E-state index contributed by atoms with van der Waals surface area (Å²) in [6.07, 6.45) is 2.33. The number of benzene rings is 2. The van der Waals surface area contributed by atoms with Crippen molar-refractivity contribution in [3.63, 3.8) is 0 Å². The van der Waals surface area contributed by atoms with Gasteiger partial charge in [-0.1, -0.05) is 37.3 Å². The Hall–Kier alpha value is -0.357. The van der Waals surface area contributed by atoms with Gasteiger partial charge in [0.1, 0.15) is 0 Å². The van der Waals surface area contributed by atoms with E-state index < -0.39 is 20.8 Å². The van der Waals surface area contributed by atoms with Crippen LogP contribution >= 0.6 is 17.0 Å². The predicted molar refractivity (Wildman–Crippen MR) is 78.9 cm³/mol. The molecule has 0 N–H and O–H groups in total. The normalized spacial score (nSPS) is 15.9. The summed E-state index contributed by atoms with van der Waals surface area (Å²) in [5.74, 6) is 0.411. The van der Waals surface area contributed by atoms with Crippen molar-refractivity contribution in [1.82, 2.24) is 0 Å². The molecule has 0 amide bonds. The molecule has 0 nitrogen and oxygen atoms in total. The summed E-state index contributed by atoms with van der Waals surface area (Å²) in [7, 11) is 9.87. The van der Waals surface area contributed by atoms with E-state index in [1.54, 1.807) is 0 Å². The first-order valence-corrected chi connectivity index (χ1v) is 12.3. The van der Waals surface area contributed by atoms with Gasteiger partial charge in [0.2, 0.25) is 0 Å². The third-order valence-electron chi connectivity index (χ3n) is 3.19. The average Bonchev–Trinajstić information content (AvgIpc) is 2.79. The van der Waals surface area contributed by atoms with E-state index in [1.165, 1.54) is 22.3 Å². The van der Waals surface area contributed by atoms with E-state index in [9.17, 15) is 0 Å². The van der Waals surface area contributed by atoms with Crippen LogP contribution in [0.3, 0.4) is 0 Å². The van der Waals surface area contributed by atoms with Gasteiger partial charge in [-0.3, -0.25) is 0 Å². The summed E-state index contributed by atoms with van der Waals surface area (Å²) in [6.45, 7) is 2.16. The zero-order valence-electron chi connectivity index (χ0n) is 10.5. The molecule has 0 aromatic heterocycles. The third-order valence-corrected chi connectivity index (χ3v) is 3.19. The van der Waals surface area contributed by atoms with E-state index in [1.807, 2.05) is 6.07 Å². The fourth-order valence-corrected chi connectivity index (χ4v) is 2.41. The topological polar surface area (TPSA) is 0 Å². The first-order chi connectivity index (χ1) is 9.27. The maximum atomic E-state index is 4.93. The molecule has 0 fully saturated rings. The van der Waals surface area contributed by atoms with E-state index in [0.717, 1.165) is 0 Å². The second kappa shape index (κ2) is 7.43. The van der Waals surface area contributed by atoms with Crippen LogP contribution in [0.15, 0.2) is 54.6 Å². The Morgan fingerprint density at radius 1 is 1.05 bits per heavy atom. The minimum atomic E-state index is -0.826. The molecule has 0 aliphatic heterocycles. The summed E-state index contributed by atoms with van der Waals surface area (Å²) in [5, 5.41) is 0. The van der Waals surface area contributed by atoms with Crippen molar-refractivity contribution < 1.29 is 20.8 Å². The molecule has 1 atom stereocenters. The summed E-state index contributed by atoms with van der Waals surface area (Å²) in [6, 6.07) is 20.2. The van der Waals surface area contributed by atoms with Crippen molar-refractivity contribution in [2.75, 3.05) is 0 Å². The molecule has 3 rings (SSSR count). The summed E-state index contributed by atoms with van der Waals surface area (Å²) >= 11 is -0.826. The van der Waals surface area contributed by atoms with Crippen LogP contribution in [-0.4, -0.2) is 0 Å². The van der Waals surface area contributed by atoms with E-state index in [2.05, 4.69) is 61.5 Å². The maximum absolute atomic E-state index is 4.93. The van der Waals surface area contributed by atoms with Gasteiger partial charge in [0.15, 0.2) is 0 Å². The number of fused-ring (bicyclic) bond motifs is 1. The van der Waals surface area contributed by atoms with Gasteiger partial charge in [-0.05, 0) is 11.5 Å². The molecule has 96 valence electrons. The van der Waals surface area contributed by atoms with Crippen molar-refractivity contribution >= 4 is 22.6 Å². The molecule has 19 heavy (non-hydrogen) atoms. The SMILES string of the molecule is CC1=CC(c2ccccc2)c2ccc[c-]c21.[Cl][Zr][Cl]. The van der Waals surface area contributed by atoms with Gasteiger partial charge in [-0.25, -0.2) is 0 Å². The van der Waals surface area contributed by atoms with Gasteiger partial charge in [-0.15, -0.1) is 47.0 Å². The fourth-order valence-electron chi connectivity index (χ4n) is 2.41. The van der Waals surface area contributed by atoms with Gasteiger partial charge >= 0.3 is 37.9 Å². The molecule has 0 radical (unpaired) electrons. The average molecular weight is 367 g/mol. The molecule has 0 saturated heterocycles. The molecule has 0 spiro atoms. The Morgan fingerprint density at radius 3 is 2.42 bits per heavy atom. The second-order valence-corrected chi connectivity index (χ2v) is 8.04. The van der Waals surface area contributed by atoms with Gasteiger partial charge in [-0.2, -0.15) is 0 Å². The molecule has 1 unspecified atom stereocenters. The van der Waals surface area contributed by atoms with E-state index in [-0.39, 0.29) is 0 Å². The molecule has 1 aliphatic rings. The van der Waals surface area contributed by atoms with Crippen molar-refractivity contribution in [3.8, 4) is 0 Å². The van der Waals surface area contributed by atoms with E-state index in [4.69, 9.17) is 17.0 Å². The molecule has 0 saturated carbocycles. The van der Waals surface area contributed by atoms with Crippen molar-refractivity contribution in [3.05, 3.63) is 77.4 Å². The van der Waals surface area contributed by atoms with Crippen LogP contribution in [0.4, 0.5) is 0 Å². The Morgan fingerprint density at radius 2 is 1.74 bits per heavy atom. The molecular weight excluding hydrogens is 354 g/mol. The molecule has 3 heteroatoms. The standard InChI is InChI=1S/C16H13.2ClH.Zr/c1-12-11-16(13-7-3-2-4-8-13)15-10-6-5-9-14(12)15;;;/h2-8,10-11,16H,1H3;2*1H;/q-1;;;+2/p-2. The first-order valence-electron chi connectivity index (χ1n) is 5.98. The Labute approximate surface area is 133 Å². The quantitative estimate of drug-likeness (QED) is 0.591. The van der Waals surface area contributed by atoms with Crippen LogP contribution in [0.1, 0.15) is 29.5 Å². The molecule has 0 bridgehead atoms.